The van der Waals surface area contributed by atoms with Crippen LogP contribution in [0.5, 0.6) is 0 Å². The minimum Gasteiger partial charge on any atom is -0.342 e. The molecule has 0 radical (unpaired) electrons. The Kier molecular flexibility index (Phi) is 6.52. The van der Waals surface area contributed by atoms with Crippen molar-refractivity contribution in [3.63, 3.8) is 0 Å². The van der Waals surface area contributed by atoms with Crippen molar-refractivity contribution in [3.05, 3.63) is 34.9 Å². The number of hydrogen-bond acceptors (Lipinski definition) is 2. The van der Waals surface area contributed by atoms with Crippen molar-refractivity contribution in [3.8, 4) is 0 Å². The van der Waals surface area contributed by atoms with Crippen molar-refractivity contribution < 1.29 is 4.79 Å². The number of nitrogens with one attached hydrogen (secondary N) is 1. The molecule has 0 atom stereocenters. The Morgan fingerprint density at radius 1 is 1.38 bits per heavy atom. The lowest BCUT2D eigenvalue weighted by Crippen LogP contribution is -2.40. The number of rotatable bonds is 6. The molecule has 1 fully saturated rings. The van der Waals surface area contributed by atoms with Gasteiger partial charge in [0.2, 0.25) is 5.91 Å². The van der Waals surface area contributed by atoms with Crippen molar-refractivity contribution in [2.45, 2.75) is 32.6 Å². The largest absolute Gasteiger partial charge is 0.342 e. The first kappa shape index (κ1) is 16.3. The molecule has 3 nitrogen and oxygen atoms in total. The fraction of sp³-hybridized carbons (Fsp3) is 0.588. The molecule has 1 amide bonds. The van der Waals surface area contributed by atoms with Crippen LogP contribution in [0.2, 0.25) is 5.02 Å². The smallest absolute Gasteiger partial charge is 0.226 e. The lowest BCUT2D eigenvalue weighted by molar-refractivity contribution is -0.131. The maximum absolute atomic E-state index is 12.6. The molecule has 21 heavy (non-hydrogen) atoms. The molecule has 1 N–H and O–H groups in total. The molecule has 1 aromatic carbocycles. The van der Waals surface area contributed by atoms with Crippen LogP contribution >= 0.6 is 11.6 Å². The van der Waals surface area contributed by atoms with Gasteiger partial charge in [-0.2, -0.15) is 0 Å². The van der Waals surface area contributed by atoms with E-state index in [4.69, 9.17) is 11.6 Å². The van der Waals surface area contributed by atoms with Crippen LogP contribution in [0.25, 0.3) is 0 Å². The van der Waals surface area contributed by atoms with Gasteiger partial charge in [0, 0.05) is 18.1 Å². The summed E-state index contributed by atoms with van der Waals surface area (Å²) in [7, 11) is 0. The highest BCUT2D eigenvalue weighted by atomic mass is 35.5. The van der Waals surface area contributed by atoms with Crippen molar-refractivity contribution in [1.82, 2.24) is 10.2 Å². The molecule has 1 saturated heterocycles. The minimum atomic E-state index is 0.220. The normalized spacial score (nSPS) is 15.9. The summed E-state index contributed by atoms with van der Waals surface area (Å²) in [6.45, 7) is 6.03. The quantitative estimate of drug-likeness (QED) is 0.875. The van der Waals surface area contributed by atoms with Gasteiger partial charge in [0.15, 0.2) is 0 Å². The van der Waals surface area contributed by atoms with E-state index >= 15 is 0 Å². The minimum absolute atomic E-state index is 0.220. The molecule has 0 aliphatic carbocycles. The average molecular weight is 309 g/mol. The van der Waals surface area contributed by atoms with Gasteiger partial charge in [-0.05, 0) is 56.0 Å². The summed E-state index contributed by atoms with van der Waals surface area (Å²) in [6.07, 6.45) is 3.80. The molecule has 0 aromatic heterocycles. The zero-order valence-electron chi connectivity index (χ0n) is 12.8. The van der Waals surface area contributed by atoms with Crippen LogP contribution in [0.1, 0.15) is 31.7 Å². The van der Waals surface area contributed by atoms with Gasteiger partial charge in [-0.3, -0.25) is 4.79 Å². The zero-order valence-corrected chi connectivity index (χ0v) is 13.5. The van der Waals surface area contributed by atoms with Crippen LogP contribution in [0, 0.1) is 5.92 Å². The van der Waals surface area contributed by atoms with Gasteiger partial charge in [-0.15, -0.1) is 0 Å². The number of benzene rings is 1. The Labute approximate surface area is 132 Å². The molecular weight excluding hydrogens is 284 g/mol. The summed E-state index contributed by atoms with van der Waals surface area (Å²) >= 11 is 5.99. The van der Waals surface area contributed by atoms with Crippen LogP contribution in [0.15, 0.2) is 24.3 Å². The van der Waals surface area contributed by atoms with Crippen LogP contribution < -0.4 is 5.32 Å². The van der Waals surface area contributed by atoms with Crippen molar-refractivity contribution in [2.24, 2.45) is 5.92 Å². The first-order valence-electron chi connectivity index (χ1n) is 7.92. The standard InChI is InChI=1S/C17H25ClN2O/c1-2-10-20(13-14-6-8-19-9-7-14)17(21)12-15-4-3-5-16(18)11-15/h3-5,11,14,19H,2,6-10,12-13H2,1H3. The van der Waals surface area contributed by atoms with E-state index < -0.39 is 0 Å². The molecule has 4 heteroatoms. The maximum Gasteiger partial charge on any atom is 0.226 e. The summed E-state index contributed by atoms with van der Waals surface area (Å²) in [6, 6.07) is 7.60. The van der Waals surface area contributed by atoms with E-state index in [9.17, 15) is 4.79 Å². The number of piperidine rings is 1. The van der Waals surface area contributed by atoms with E-state index in [1.165, 1.54) is 12.8 Å². The third-order valence-electron chi connectivity index (χ3n) is 4.03. The monoisotopic (exact) mass is 308 g/mol. The second kappa shape index (κ2) is 8.40. The second-order valence-electron chi connectivity index (χ2n) is 5.84. The van der Waals surface area contributed by atoms with E-state index in [0.29, 0.717) is 17.4 Å². The molecule has 1 heterocycles. The number of carbonyl (C=O) groups is 1. The summed E-state index contributed by atoms with van der Waals surface area (Å²) in [5, 5.41) is 4.07. The number of amides is 1. The van der Waals surface area contributed by atoms with Crippen molar-refractivity contribution in [1.29, 1.82) is 0 Å². The Hall–Kier alpha value is -1.06. The van der Waals surface area contributed by atoms with Gasteiger partial charge in [-0.25, -0.2) is 0 Å². The van der Waals surface area contributed by atoms with E-state index in [2.05, 4.69) is 12.2 Å². The summed E-state index contributed by atoms with van der Waals surface area (Å²) < 4.78 is 0. The Morgan fingerprint density at radius 3 is 2.81 bits per heavy atom. The predicted octanol–water partition coefficient (Wildman–Crippen LogP) is 3.12. The van der Waals surface area contributed by atoms with E-state index in [-0.39, 0.29) is 5.91 Å². The molecular formula is C17H25ClN2O. The topological polar surface area (TPSA) is 32.3 Å². The number of carbonyl (C=O) groups excluding carboxylic acids is 1. The molecule has 116 valence electrons. The summed E-state index contributed by atoms with van der Waals surface area (Å²) in [5.41, 5.74) is 0.999. The molecule has 0 spiro atoms. The van der Waals surface area contributed by atoms with Gasteiger partial charge >= 0.3 is 0 Å². The van der Waals surface area contributed by atoms with Gasteiger partial charge in [-0.1, -0.05) is 30.7 Å². The molecule has 0 saturated carbocycles. The molecule has 0 bridgehead atoms. The van der Waals surface area contributed by atoms with Gasteiger partial charge in [0.1, 0.15) is 0 Å². The lowest BCUT2D eigenvalue weighted by Gasteiger charge is -2.30. The SMILES string of the molecule is CCCN(CC1CCNCC1)C(=O)Cc1cccc(Cl)c1. The maximum atomic E-state index is 12.6. The highest BCUT2D eigenvalue weighted by Crippen LogP contribution is 2.16. The zero-order chi connectivity index (χ0) is 15.1. The highest BCUT2D eigenvalue weighted by Gasteiger charge is 2.20. The van der Waals surface area contributed by atoms with E-state index in [1.807, 2.05) is 29.2 Å². The third kappa shape index (κ3) is 5.33. The van der Waals surface area contributed by atoms with Crippen LogP contribution in [0.3, 0.4) is 0 Å². The van der Waals surface area contributed by atoms with Crippen LogP contribution in [-0.4, -0.2) is 37.0 Å². The van der Waals surface area contributed by atoms with E-state index in [1.54, 1.807) is 0 Å². The van der Waals surface area contributed by atoms with Crippen molar-refractivity contribution >= 4 is 17.5 Å². The molecule has 2 rings (SSSR count). The molecule has 1 aliphatic heterocycles. The average Bonchev–Trinajstić information content (AvgIpc) is 2.48. The molecule has 1 aliphatic rings. The number of halogens is 1. The molecule has 0 unspecified atom stereocenters. The highest BCUT2D eigenvalue weighted by molar-refractivity contribution is 6.30. The lowest BCUT2D eigenvalue weighted by atomic mass is 9.97. The van der Waals surface area contributed by atoms with Gasteiger partial charge in [0.25, 0.3) is 0 Å². The Balaban J connectivity index is 1.94. The number of nitrogens with zero attached hydrogens (tertiary/aromatic N) is 1. The summed E-state index contributed by atoms with van der Waals surface area (Å²) in [5.74, 6) is 0.860. The van der Waals surface area contributed by atoms with Crippen LogP contribution in [0.4, 0.5) is 0 Å². The second-order valence-corrected chi connectivity index (χ2v) is 6.28. The van der Waals surface area contributed by atoms with E-state index in [0.717, 1.165) is 38.2 Å². The third-order valence-corrected chi connectivity index (χ3v) is 4.26. The van der Waals surface area contributed by atoms with Gasteiger partial charge in [0.05, 0.1) is 6.42 Å². The first-order valence-corrected chi connectivity index (χ1v) is 8.29. The fourth-order valence-electron chi connectivity index (χ4n) is 2.90. The fourth-order valence-corrected chi connectivity index (χ4v) is 3.11. The van der Waals surface area contributed by atoms with Crippen molar-refractivity contribution in [2.75, 3.05) is 26.2 Å². The predicted molar refractivity (Wildman–Crippen MR) is 87.6 cm³/mol. The van der Waals surface area contributed by atoms with Gasteiger partial charge < -0.3 is 10.2 Å². The summed E-state index contributed by atoms with van der Waals surface area (Å²) in [4.78, 5) is 14.6. The number of hydrogen-bond donors (Lipinski definition) is 1. The first-order chi connectivity index (χ1) is 10.2. The Morgan fingerprint density at radius 2 is 2.14 bits per heavy atom. The molecule has 1 aromatic rings. The Bertz CT molecular complexity index is 458. The van der Waals surface area contributed by atoms with Crippen LogP contribution in [-0.2, 0) is 11.2 Å².